The standard InChI is InChI=1S/C9H17NO2/c1-11-6-4-9(10)8-3-2-5-12-7-8/h7,9H,2-6,10H2,1H3. The number of rotatable bonds is 4. The number of hydrogen-bond acceptors (Lipinski definition) is 3. The molecule has 1 heterocycles. The van der Waals surface area contributed by atoms with E-state index in [1.54, 1.807) is 7.11 Å². The topological polar surface area (TPSA) is 44.5 Å². The van der Waals surface area contributed by atoms with Crippen molar-refractivity contribution in [2.45, 2.75) is 25.3 Å². The summed E-state index contributed by atoms with van der Waals surface area (Å²) in [6, 6.07) is 0.116. The van der Waals surface area contributed by atoms with Crippen molar-refractivity contribution < 1.29 is 9.47 Å². The van der Waals surface area contributed by atoms with Gasteiger partial charge in [-0.05, 0) is 24.8 Å². The van der Waals surface area contributed by atoms with Crippen molar-refractivity contribution in [2.75, 3.05) is 20.3 Å². The molecule has 0 fully saturated rings. The molecule has 0 saturated heterocycles. The van der Waals surface area contributed by atoms with Crippen molar-refractivity contribution in [3.63, 3.8) is 0 Å². The lowest BCUT2D eigenvalue weighted by molar-refractivity contribution is 0.185. The Labute approximate surface area is 73.5 Å². The van der Waals surface area contributed by atoms with Crippen molar-refractivity contribution in [1.82, 2.24) is 0 Å². The molecule has 12 heavy (non-hydrogen) atoms. The van der Waals surface area contributed by atoms with Crippen molar-refractivity contribution in [3.05, 3.63) is 11.8 Å². The highest BCUT2D eigenvalue weighted by atomic mass is 16.5. The molecule has 3 heteroatoms. The molecule has 0 aromatic carbocycles. The quantitative estimate of drug-likeness (QED) is 0.687. The fourth-order valence-electron chi connectivity index (χ4n) is 1.29. The van der Waals surface area contributed by atoms with E-state index >= 15 is 0 Å². The van der Waals surface area contributed by atoms with Crippen LogP contribution in [0.4, 0.5) is 0 Å². The molecule has 0 saturated carbocycles. The van der Waals surface area contributed by atoms with Gasteiger partial charge in [-0.3, -0.25) is 0 Å². The van der Waals surface area contributed by atoms with Gasteiger partial charge in [0.2, 0.25) is 0 Å². The third-order valence-corrected chi connectivity index (χ3v) is 2.07. The lowest BCUT2D eigenvalue weighted by Gasteiger charge is -2.19. The van der Waals surface area contributed by atoms with Crippen LogP contribution in [0.2, 0.25) is 0 Å². The van der Waals surface area contributed by atoms with Gasteiger partial charge in [-0.2, -0.15) is 0 Å². The van der Waals surface area contributed by atoms with Crippen molar-refractivity contribution in [3.8, 4) is 0 Å². The Morgan fingerprint density at radius 3 is 3.17 bits per heavy atom. The van der Waals surface area contributed by atoms with Crippen LogP contribution in [0.15, 0.2) is 11.8 Å². The summed E-state index contributed by atoms with van der Waals surface area (Å²) in [5, 5.41) is 0. The highest BCUT2D eigenvalue weighted by Crippen LogP contribution is 2.15. The maximum absolute atomic E-state index is 5.91. The summed E-state index contributed by atoms with van der Waals surface area (Å²) in [6.07, 6.45) is 4.85. The fourth-order valence-corrected chi connectivity index (χ4v) is 1.29. The minimum absolute atomic E-state index is 0.116. The van der Waals surface area contributed by atoms with Crippen LogP contribution >= 0.6 is 0 Å². The summed E-state index contributed by atoms with van der Waals surface area (Å²) in [7, 11) is 1.69. The Balaban J connectivity index is 2.29. The van der Waals surface area contributed by atoms with Crippen LogP contribution in [0.25, 0.3) is 0 Å². The Kier molecular flexibility index (Phi) is 4.11. The van der Waals surface area contributed by atoms with Gasteiger partial charge in [-0.1, -0.05) is 0 Å². The highest BCUT2D eigenvalue weighted by Gasteiger charge is 2.12. The second-order valence-electron chi connectivity index (χ2n) is 3.06. The molecule has 1 aliphatic heterocycles. The van der Waals surface area contributed by atoms with Gasteiger partial charge in [0.05, 0.1) is 12.9 Å². The molecule has 0 bridgehead atoms. The van der Waals surface area contributed by atoms with Crippen LogP contribution in [-0.4, -0.2) is 26.4 Å². The first-order valence-corrected chi connectivity index (χ1v) is 4.39. The van der Waals surface area contributed by atoms with Gasteiger partial charge in [0.25, 0.3) is 0 Å². The molecule has 1 atom stereocenters. The monoisotopic (exact) mass is 171 g/mol. The molecular weight excluding hydrogens is 154 g/mol. The molecule has 0 aromatic rings. The largest absolute Gasteiger partial charge is 0.501 e. The average Bonchev–Trinajstić information content (AvgIpc) is 2.15. The Morgan fingerprint density at radius 2 is 2.58 bits per heavy atom. The molecule has 3 nitrogen and oxygen atoms in total. The predicted octanol–water partition coefficient (Wildman–Crippen LogP) is 1.04. The SMILES string of the molecule is COCCC(N)C1=COCCC1. The number of methoxy groups -OCH3 is 1. The molecule has 1 unspecified atom stereocenters. The molecular formula is C9H17NO2. The maximum Gasteiger partial charge on any atom is 0.0876 e. The van der Waals surface area contributed by atoms with Crippen LogP contribution in [0, 0.1) is 0 Å². The fraction of sp³-hybridized carbons (Fsp3) is 0.778. The average molecular weight is 171 g/mol. The van der Waals surface area contributed by atoms with E-state index in [9.17, 15) is 0 Å². The first kappa shape index (κ1) is 9.55. The minimum Gasteiger partial charge on any atom is -0.501 e. The number of hydrogen-bond donors (Lipinski definition) is 1. The van der Waals surface area contributed by atoms with Gasteiger partial charge >= 0.3 is 0 Å². The lowest BCUT2D eigenvalue weighted by Crippen LogP contribution is -2.26. The molecule has 1 aliphatic rings. The second kappa shape index (κ2) is 5.17. The summed E-state index contributed by atoms with van der Waals surface area (Å²) in [4.78, 5) is 0. The zero-order valence-corrected chi connectivity index (χ0v) is 7.58. The molecule has 0 spiro atoms. The van der Waals surface area contributed by atoms with Gasteiger partial charge in [-0.15, -0.1) is 0 Å². The summed E-state index contributed by atoms with van der Waals surface area (Å²) >= 11 is 0. The van der Waals surface area contributed by atoms with Crippen LogP contribution in [-0.2, 0) is 9.47 Å². The lowest BCUT2D eigenvalue weighted by atomic mass is 10.0. The van der Waals surface area contributed by atoms with E-state index in [0.29, 0.717) is 0 Å². The van der Waals surface area contributed by atoms with E-state index in [4.69, 9.17) is 15.2 Å². The van der Waals surface area contributed by atoms with Crippen LogP contribution in [0.3, 0.4) is 0 Å². The van der Waals surface area contributed by atoms with Gasteiger partial charge in [0.1, 0.15) is 0 Å². The van der Waals surface area contributed by atoms with E-state index in [0.717, 1.165) is 32.5 Å². The first-order valence-electron chi connectivity index (χ1n) is 4.39. The summed E-state index contributed by atoms with van der Waals surface area (Å²) < 4.78 is 10.2. The minimum atomic E-state index is 0.116. The van der Waals surface area contributed by atoms with E-state index in [1.165, 1.54) is 5.57 Å². The number of ether oxygens (including phenoxy) is 2. The molecule has 0 amide bonds. The molecule has 2 N–H and O–H groups in total. The van der Waals surface area contributed by atoms with Gasteiger partial charge < -0.3 is 15.2 Å². The normalized spacial score (nSPS) is 19.7. The zero-order chi connectivity index (χ0) is 8.81. The van der Waals surface area contributed by atoms with E-state index in [2.05, 4.69) is 0 Å². The van der Waals surface area contributed by atoms with Crippen molar-refractivity contribution >= 4 is 0 Å². The number of nitrogens with two attached hydrogens (primary N) is 1. The Morgan fingerprint density at radius 1 is 1.75 bits per heavy atom. The third kappa shape index (κ3) is 2.83. The van der Waals surface area contributed by atoms with Gasteiger partial charge in [-0.25, -0.2) is 0 Å². The van der Waals surface area contributed by atoms with Crippen LogP contribution in [0.1, 0.15) is 19.3 Å². The maximum atomic E-state index is 5.91. The van der Waals surface area contributed by atoms with Gasteiger partial charge in [0.15, 0.2) is 0 Å². The second-order valence-corrected chi connectivity index (χ2v) is 3.06. The Bertz CT molecular complexity index is 157. The van der Waals surface area contributed by atoms with Crippen LogP contribution < -0.4 is 5.73 Å². The third-order valence-electron chi connectivity index (χ3n) is 2.07. The summed E-state index contributed by atoms with van der Waals surface area (Å²) in [5.41, 5.74) is 7.13. The van der Waals surface area contributed by atoms with Crippen molar-refractivity contribution in [2.24, 2.45) is 5.73 Å². The summed E-state index contributed by atoms with van der Waals surface area (Å²) in [5.74, 6) is 0. The predicted molar refractivity (Wildman–Crippen MR) is 47.7 cm³/mol. The molecule has 1 rings (SSSR count). The molecule has 0 aliphatic carbocycles. The van der Waals surface area contributed by atoms with Crippen LogP contribution in [0.5, 0.6) is 0 Å². The van der Waals surface area contributed by atoms with E-state index in [1.807, 2.05) is 6.26 Å². The zero-order valence-electron chi connectivity index (χ0n) is 7.58. The first-order chi connectivity index (χ1) is 5.84. The molecule has 0 radical (unpaired) electrons. The highest BCUT2D eigenvalue weighted by molar-refractivity contribution is 5.08. The Hall–Kier alpha value is -0.540. The van der Waals surface area contributed by atoms with E-state index in [-0.39, 0.29) is 6.04 Å². The van der Waals surface area contributed by atoms with E-state index < -0.39 is 0 Å². The summed E-state index contributed by atoms with van der Waals surface area (Å²) in [6.45, 7) is 1.55. The molecule has 70 valence electrons. The smallest absolute Gasteiger partial charge is 0.0876 e. The molecule has 0 aromatic heterocycles. The van der Waals surface area contributed by atoms with Crippen molar-refractivity contribution in [1.29, 1.82) is 0 Å². The van der Waals surface area contributed by atoms with Gasteiger partial charge in [0, 0.05) is 19.8 Å².